The van der Waals surface area contributed by atoms with Crippen molar-refractivity contribution >= 4 is 29.4 Å². The minimum absolute atomic E-state index is 0.00976. The summed E-state index contributed by atoms with van der Waals surface area (Å²) in [7, 11) is 0. The number of carbonyl (C=O) groups excluding carboxylic acids is 3. The largest absolute Gasteiger partial charge is 0.453 e. The maximum absolute atomic E-state index is 13.4. The summed E-state index contributed by atoms with van der Waals surface area (Å²) in [4.78, 5) is 42.2. The normalized spacial score (nSPS) is 23.1. The molecular formula is C27H31NO5S. The number of nitrogens with zero attached hydrogens (tertiary/aromatic N) is 1. The number of esters is 1. The van der Waals surface area contributed by atoms with Crippen molar-refractivity contribution in [2.75, 3.05) is 26.3 Å². The van der Waals surface area contributed by atoms with Crippen LogP contribution in [0.3, 0.4) is 0 Å². The Morgan fingerprint density at radius 1 is 1.06 bits per heavy atom. The Morgan fingerprint density at radius 2 is 1.74 bits per heavy atom. The molecule has 180 valence electrons. The zero-order valence-corrected chi connectivity index (χ0v) is 20.5. The van der Waals surface area contributed by atoms with Crippen LogP contribution in [0.2, 0.25) is 0 Å². The third kappa shape index (κ3) is 5.36. The third-order valence-corrected chi connectivity index (χ3v) is 7.77. The maximum atomic E-state index is 13.4. The summed E-state index contributed by atoms with van der Waals surface area (Å²) in [5.41, 5.74) is 0.716. The Labute approximate surface area is 205 Å². The molecule has 4 rings (SSSR count). The Hall–Kier alpha value is -2.64. The monoisotopic (exact) mass is 481 g/mol. The summed E-state index contributed by atoms with van der Waals surface area (Å²) in [6.45, 7) is 6.35. The van der Waals surface area contributed by atoms with Crippen molar-refractivity contribution in [3.05, 3.63) is 65.7 Å². The Bertz CT molecular complexity index is 1010. The molecule has 2 unspecified atom stereocenters. The van der Waals surface area contributed by atoms with Crippen LogP contribution in [0.1, 0.15) is 50.2 Å². The standard InChI is InChI=1S/C27H31NO5S/c1-19(2)21-10-6-7-11-23(21)34-25-22(29)18-27(33-26(25)31,20-8-4-3-5-9-20)13-12-24(30)28-14-16-32-17-15-28/h3-11,19,25H,12-18H2,1-2H3. The molecule has 0 bridgehead atoms. The van der Waals surface area contributed by atoms with E-state index in [9.17, 15) is 14.4 Å². The molecule has 0 radical (unpaired) electrons. The number of morpholine rings is 1. The quantitative estimate of drug-likeness (QED) is 0.433. The number of thioether (sulfide) groups is 1. The lowest BCUT2D eigenvalue weighted by atomic mass is 9.81. The SMILES string of the molecule is CC(C)c1ccccc1SC1C(=O)CC(CCC(=O)N2CCOCC2)(c2ccccc2)OC1=O. The van der Waals surface area contributed by atoms with Crippen LogP contribution in [0.25, 0.3) is 0 Å². The lowest BCUT2D eigenvalue weighted by Gasteiger charge is -2.39. The van der Waals surface area contributed by atoms with Crippen molar-refractivity contribution in [3.63, 3.8) is 0 Å². The maximum Gasteiger partial charge on any atom is 0.327 e. The predicted octanol–water partition coefficient (Wildman–Crippen LogP) is 4.32. The van der Waals surface area contributed by atoms with E-state index in [0.717, 1.165) is 16.0 Å². The molecule has 6 nitrogen and oxygen atoms in total. The molecule has 2 fully saturated rings. The first-order valence-corrected chi connectivity index (χ1v) is 12.7. The molecule has 2 heterocycles. The van der Waals surface area contributed by atoms with Gasteiger partial charge < -0.3 is 14.4 Å². The van der Waals surface area contributed by atoms with Crippen LogP contribution in [0.5, 0.6) is 0 Å². The minimum atomic E-state index is -1.13. The molecule has 2 saturated heterocycles. The number of ether oxygens (including phenoxy) is 2. The molecule has 2 atom stereocenters. The van der Waals surface area contributed by atoms with E-state index in [1.54, 1.807) is 4.90 Å². The van der Waals surface area contributed by atoms with Crippen molar-refractivity contribution in [1.82, 2.24) is 4.90 Å². The number of Topliss-reactive ketones (excluding diaryl/α,β-unsaturated/α-hetero) is 1. The highest BCUT2D eigenvalue weighted by Gasteiger charge is 2.48. The first kappa shape index (κ1) is 24.5. The molecule has 0 aliphatic carbocycles. The van der Waals surface area contributed by atoms with Gasteiger partial charge in [0, 0.05) is 30.8 Å². The molecule has 34 heavy (non-hydrogen) atoms. The van der Waals surface area contributed by atoms with Gasteiger partial charge in [-0.15, -0.1) is 11.8 Å². The average Bonchev–Trinajstić information content (AvgIpc) is 2.86. The molecule has 2 aliphatic heterocycles. The van der Waals surface area contributed by atoms with Gasteiger partial charge >= 0.3 is 5.97 Å². The molecule has 2 aromatic rings. The van der Waals surface area contributed by atoms with Gasteiger partial charge in [-0.1, -0.05) is 62.4 Å². The van der Waals surface area contributed by atoms with Gasteiger partial charge in [0.2, 0.25) is 5.91 Å². The molecule has 0 N–H and O–H groups in total. The lowest BCUT2D eigenvalue weighted by Crippen LogP contribution is -2.48. The first-order chi connectivity index (χ1) is 16.4. The van der Waals surface area contributed by atoms with Crippen LogP contribution >= 0.6 is 11.8 Å². The number of ketones is 1. The smallest absolute Gasteiger partial charge is 0.327 e. The molecule has 7 heteroatoms. The van der Waals surface area contributed by atoms with Crippen LogP contribution in [0.4, 0.5) is 0 Å². The Balaban J connectivity index is 1.54. The van der Waals surface area contributed by atoms with E-state index >= 15 is 0 Å². The topological polar surface area (TPSA) is 72.9 Å². The summed E-state index contributed by atoms with van der Waals surface area (Å²) >= 11 is 1.27. The number of carbonyl (C=O) groups is 3. The number of cyclic esters (lactones) is 1. The van der Waals surface area contributed by atoms with E-state index in [2.05, 4.69) is 13.8 Å². The van der Waals surface area contributed by atoms with Gasteiger partial charge in [-0.2, -0.15) is 0 Å². The summed E-state index contributed by atoms with van der Waals surface area (Å²) < 4.78 is 11.4. The molecule has 0 saturated carbocycles. The highest BCUT2D eigenvalue weighted by molar-refractivity contribution is 8.01. The number of rotatable bonds is 7. The summed E-state index contributed by atoms with van der Waals surface area (Å²) in [5.74, 6) is -0.442. The molecular weight excluding hydrogens is 450 g/mol. The summed E-state index contributed by atoms with van der Waals surface area (Å²) in [6.07, 6.45) is 0.523. The second kappa shape index (κ2) is 10.7. The first-order valence-electron chi connectivity index (χ1n) is 11.8. The average molecular weight is 482 g/mol. The van der Waals surface area contributed by atoms with Crippen molar-refractivity contribution < 1.29 is 23.9 Å². The number of amides is 1. The van der Waals surface area contributed by atoms with Gasteiger partial charge in [0.15, 0.2) is 11.0 Å². The second-order valence-electron chi connectivity index (χ2n) is 9.11. The van der Waals surface area contributed by atoms with Gasteiger partial charge in [-0.05, 0) is 23.1 Å². The lowest BCUT2D eigenvalue weighted by molar-refractivity contribution is -0.173. The van der Waals surface area contributed by atoms with Crippen molar-refractivity contribution in [1.29, 1.82) is 0 Å². The predicted molar refractivity (Wildman–Crippen MR) is 131 cm³/mol. The van der Waals surface area contributed by atoms with E-state index < -0.39 is 16.8 Å². The van der Waals surface area contributed by atoms with Crippen LogP contribution in [0.15, 0.2) is 59.5 Å². The second-order valence-corrected chi connectivity index (χ2v) is 10.3. The van der Waals surface area contributed by atoms with Crippen molar-refractivity contribution in [2.24, 2.45) is 0 Å². The fraction of sp³-hybridized carbons (Fsp3) is 0.444. The van der Waals surface area contributed by atoms with E-state index in [4.69, 9.17) is 9.47 Å². The number of benzene rings is 2. The van der Waals surface area contributed by atoms with Gasteiger partial charge in [-0.3, -0.25) is 14.4 Å². The third-order valence-electron chi connectivity index (χ3n) is 6.45. The van der Waals surface area contributed by atoms with E-state index in [1.807, 2.05) is 54.6 Å². The van der Waals surface area contributed by atoms with Crippen molar-refractivity contribution in [2.45, 2.75) is 54.8 Å². The fourth-order valence-electron chi connectivity index (χ4n) is 4.56. The van der Waals surface area contributed by atoms with E-state index in [-0.39, 0.29) is 36.9 Å². The highest BCUT2D eigenvalue weighted by atomic mass is 32.2. The van der Waals surface area contributed by atoms with E-state index in [0.29, 0.717) is 26.3 Å². The van der Waals surface area contributed by atoms with Crippen molar-refractivity contribution in [3.8, 4) is 0 Å². The van der Waals surface area contributed by atoms with Gasteiger partial charge in [-0.25, -0.2) is 0 Å². The molecule has 2 aromatic carbocycles. The molecule has 0 spiro atoms. The van der Waals surface area contributed by atoms with Gasteiger partial charge in [0.25, 0.3) is 0 Å². The van der Waals surface area contributed by atoms with Crippen LogP contribution in [-0.2, 0) is 29.5 Å². The Kier molecular flexibility index (Phi) is 7.73. The number of hydrogen-bond donors (Lipinski definition) is 0. The van der Waals surface area contributed by atoms with Crippen LogP contribution < -0.4 is 0 Å². The molecule has 2 aliphatic rings. The van der Waals surface area contributed by atoms with Crippen LogP contribution in [-0.4, -0.2) is 54.1 Å². The summed E-state index contributed by atoms with van der Waals surface area (Å²) in [6, 6.07) is 17.2. The Morgan fingerprint density at radius 3 is 2.41 bits per heavy atom. The zero-order valence-electron chi connectivity index (χ0n) is 19.7. The van der Waals surface area contributed by atoms with Gasteiger partial charge in [0.05, 0.1) is 19.6 Å². The summed E-state index contributed by atoms with van der Waals surface area (Å²) in [5, 5.41) is -0.910. The highest BCUT2D eigenvalue weighted by Crippen LogP contribution is 2.43. The van der Waals surface area contributed by atoms with Crippen LogP contribution in [0, 0.1) is 0 Å². The van der Waals surface area contributed by atoms with E-state index in [1.165, 1.54) is 11.8 Å². The minimum Gasteiger partial charge on any atom is -0.453 e. The zero-order chi connectivity index (χ0) is 24.1. The molecule has 1 amide bonds. The number of hydrogen-bond acceptors (Lipinski definition) is 6. The van der Waals surface area contributed by atoms with Gasteiger partial charge in [0.1, 0.15) is 5.60 Å². The molecule has 0 aromatic heterocycles. The fourth-order valence-corrected chi connectivity index (χ4v) is 5.77.